The summed E-state index contributed by atoms with van der Waals surface area (Å²) in [6, 6.07) is 15.8. The Balaban J connectivity index is 1.67. The van der Waals surface area contributed by atoms with Crippen LogP contribution in [0.4, 0.5) is 0 Å². The van der Waals surface area contributed by atoms with E-state index in [0.717, 1.165) is 16.9 Å². The quantitative estimate of drug-likeness (QED) is 0.524. The normalized spacial score (nSPS) is 12.3. The summed E-state index contributed by atoms with van der Waals surface area (Å²) in [6.07, 6.45) is 5.59. The summed E-state index contributed by atoms with van der Waals surface area (Å²) < 4.78 is 7.56. The zero-order chi connectivity index (χ0) is 19.5. The highest BCUT2D eigenvalue weighted by molar-refractivity contribution is 7.15. The minimum atomic E-state index is -0.172. The van der Waals surface area contributed by atoms with Gasteiger partial charge in [-0.15, -0.1) is 5.10 Å². The fourth-order valence-electron chi connectivity index (χ4n) is 2.80. The highest BCUT2D eigenvalue weighted by atomic mass is 32.1. The van der Waals surface area contributed by atoms with Crippen molar-refractivity contribution in [3.63, 3.8) is 0 Å². The highest BCUT2D eigenvalue weighted by Crippen LogP contribution is 2.18. The van der Waals surface area contributed by atoms with Crippen LogP contribution in [0.3, 0.4) is 0 Å². The molecule has 140 valence electrons. The molecule has 0 radical (unpaired) electrons. The second kappa shape index (κ2) is 7.78. The topological polar surface area (TPSA) is 56.5 Å². The van der Waals surface area contributed by atoms with Crippen molar-refractivity contribution in [1.82, 2.24) is 14.6 Å². The molecule has 0 saturated carbocycles. The SMILES string of the molecule is CCOc1ccccc1C=c1sc2nc(C=Cc3ccc(C)cc3)nn2c1=O. The van der Waals surface area contributed by atoms with Crippen LogP contribution in [-0.2, 0) is 0 Å². The first kappa shape index (κ1) is 18.1. The van der Waals surface area contributed by atoms with E-state index in [1.807, 2.05) is 61.5 Å². The molecule has 0 aliphatic carbocycles. The van der Waals surface area contributed by atoms with Gasteiger partial charge in [-0.25, -0.2) is 0 Å². The predicted molar refractivity (Wildman–Crippen MR) is 114 cm³/mol. The second-order valence-electron chi connectivity index (χ2n) is 6.30. The second-order valence-corrected chi connectivity index (χ2v) is 7.30. The lowest BCUT2D eigenvalue weighted by atomic mass is 10.1. The number of fused-ring (bicyclic) bond motifs is 1. The van der Waals surface area contributed by atoms with Gasteiger partial charge in [-0.3, -0.25) is 4.79 Å². The molecule has 2 aromatic heterocycles. The predicted octanol–water partition coefficient (Wildman–Crippen LogP) is 3.58. The molecular formula is C22H19N3O2S. The smallest absolute Gasteiger partial charge is 0.291 e. The van der Waals surface area contributed by atoms with Crippen LogP contribution in [0.2, 0.25) is 0 Å². The van der Waals surface area contributed by atoms with E-state index in [0.29, 0.717) is 21.9 Å². The first-order valence-corrected chi connectivity index (χ1v) is 9.83. The number of ether oxygens (including phenoxy) is 1. The standard InChI is InChI=1S/C22H19N3O2S/c1-3-27-18-7-5-4-6-17(18)14-19-21(26)25-22(28-19)23-20(24-25)13-12-16-10-8-15(2)9-11-16/h4-14H,3H2,1-2H3. The summed E-state index contributed by atoms with van der Waals surface area (Å²) in [4.78, 5) is 17.7. The molecule has 0 N–H and O–H groups in total. The molecule has 0 amide bonds. The summed E-state index contributed by atoms with van der Waals surface area (Å²) in [5, 5.41) is 4.33. The lowest BCUT2D eigenvalue weighted by molar-refractivity contribution is 0.339. The van der Waals surface area contributed by atoms with Gasteiger partial charge in [0, 0.05) is 5.56 Å². The highest BCUT2D eigenvalue weighted by Gasteiger charge is 2.09. The van der Waals surface area contributed by atoms with Crippen molar-refractivity contribution in [2.75, 3.05) is 6.61 Å². The Bertz CT molecular complexity index is 1250. The van der Waals surface area contributed by atoms with Gasteiger partial charge in [-0.2, -0.15) is 9.50 Å². The monoisotopic (exact) mass is 389 g/mol. The molecule has 6 heteroatoms. The van der Waals surface area contributed by atoms with Gasteiger partial charge >= 0.3 is 0 Å². The molecule has 0 saturated heterocycles. The zero-order valence-corrected chi connectivity index (χ0v) is 16.4. The van der Waals surface area contributed by atoms with E-state index in [2.05, 4.69) is 29.1 Å². The number of aryl methyl sites for hydroxylation is 1. The van der Waals surface area contributed by atoms with E-state index >= 15 is 0 Å². The lowest BCUT2D eigenvalue weighted by Crippen LogP contribution is -2.23. The van der Waals surface area contributed by atoms with Crippen molar-refractivity contribution < 1.29 is 4.74 Å². The van der Waals surface area contributed by atoms with Crippen LogP contribution in [0.15, 0.2) is 53.3 Å². The fraction of sp³-hybridized carbons (Fsp3) is 0.136. The molecule has 28 heavy (non-hydrogen) atoms. The maximum absolute atomic E-state index is 12.7. The molecule has 0 atom stereocenters. The number of rotatable bonds is 5. The maximum Gasteiger partial charge on any atom is 0.291 e. The van der Waals surface area contributed by atoms with Crippen LogP contribution >= 0.6 is 11.3 Å². The van der Waals surface area contributed by atoms with Crippen LogP contribution in [0, 0.1) is 6.92 Å². The number of thiazole rings is 1. The Labute approximate surface area is 166 Å². The van der Waals surface area contributed by atoms with Crippen molar-refractivity contribution in [2.45, 2.75) is 13.8 Å². The molecule has 0 aliphatic heterocycles. The molecule has 4 aromatic rings. The Kier molecular flexibility index (Phi) is 5.04. The fourth-order valence-corrected chi connectivity index (χ4v) is 3.70. The molecule has 0 bridgehead atoms. The third-order valence-electron chi connectivity index (χ3n) is 4.21. The lowest BCUT2D eigenvalue weighted by Gasteiger charge is -2.05. The van der Waals surface area contributed by atoms with Gasteiger partial charge in [-0.1, -0.05) is 65.4 Å². The average Bonchev–Trinajstić information content (AvgIpc) is 3.22. The maximum atomic E-state index is 12.7. The number of nitrogens with zero attached hydrogens (tertiary/aromatic N) is 3. The molecule has 0 unspecified atom stereocenters. The van der Waals surface area contributed by atoms with Crippen molar-refractivity contribution in [1.29, 1.82) is 0 Å². The van der Waals surface area contributed by atoms with E-state index in [1.54, 1.807) is 0 Å². The number of hydrogen-bond acceptors (Lipinski definition) is 5. The van der Waals surface area contributed by atoms with E-state index in [1.165, 1.54) is 21.4 Å². The number of aromatic nitrogens is 3. The molecule has 2 heterocycles. The van der Waals surface area contributed by atoms with Crippen LogP contribution in [-0.4, -0.2) is 21.2 Å². The third-order valence-corrected chi connectivity index (χ3v) is 5.17. The number of benzene rings is 2. The number of hydrogen-bond donors (Lipinski definition) is 0. The van der Waals surface area contributed by atoms with E-state index in [4.69, 9.17) is 4.74 Å². The van der Waals surface area contributed by atoms with Gasteiger partial charge in [0.15, 0.2) is 5.82 Å². The van der Waals surface area contributed by atoms with Crippen molar-refractivity contribution >= 4 is 34.5 Å². The van der Waals surface area contributed by atoms with Crippen molar-refractivity contribution in [3.05, 3.63) is 85.9 Å². The van der Waals surface area contributed by atoms with Gasteiger partial charge in [-0.05, 0) is 37.6 Å². The molecule has 0 fully saturated rings. The Hall–Kier alpha value is -3.25. The molecule has 5 nitrogen and oxygen atoms in total. The minimum Gasteiger partial charge on any atom is -0.493 e. The molecule has 4 rings (SSSR count). The molecule has 0 spiro atoms. The van der Waals surface area contributed by atoms with Gasteiger partial charge in [0.05, 0.1) is 11.1 Å². The Morgan fingerprint density at radius 1 is 1.11 bits per heavy atom. The average molecular weight is 389 g/mol. The largest absolute Gasteiger partial charge is 0.493 e. The molecule has 0 aliphatic rings. The third kappa shape index (κ3) is 3.73. The van der Waals surface area contributed by atoms with Gasteiger partial charge < -0.3 is 4.74 Å². The van der Waals surface area contributed by atoms with Crippen LogP contribution in [0.1, 0.15) is 29.4 Å². The van der Waals surface area contributed by atoms with E-state index < -0.39 is 0 Å². The van der Waals surface area contributed by atoms with Crippen molar-refractivity contribution in [3.8, 4) is 5.75 Å². The van der Waals surface area contributed by atoms with Crippen LogP contribution < -0.4 is 14.8 Å². The first-order chi connectivity index (χ1) is 13.6. The summed E-state index contributed by atoms with van der Waals surface area (Å²) >= 11 is 1.32. The van der Waals surface area contributed by atoms with E-state index in [9.17, 15) is 4.79 Å². The minimum absolute atomic E-state index is 0.172. The Morgan fingerprint density at radius 2 is 1.89 bits per heavy atom. The van der Waals surface area contributed by atoms with Crippen LogP contribution in [0.25, 0.3) is 23.2 Å². The Morgan fingerprint density at radius 3 is 2.64 bits per heavy atom. The summed E-state index contributed by atoms with van der Waals surface area (Å²) in [5.74, 6) is 1.27. The van der Waals surface area contributed by atoms with Crippen molar-refractivity contribution in [2.24, 2.45) is 0 Å². The van der Waals surface area contributed by atoms with Gasteiger partial charge in [0.25, 0.3) is 5.56 Å². The molecule has 2 aromatic carbocycles. The summed E-state index contributed by atoms with van der Waals surface area (Å²) in [6.45, 7) is 4.56. The summed E-state index contributed by atoms with van der Waals surface area (Å²) in [7, 11) is 0. The van der Waals surface area contributed by atoms with Gasteiger partial charge in [0.1, 0.15) is 5.75 Å². The molecular weight excluding hydrogens is 370 g/mol. The number of para-hydroxylation sites is 1. The first-order valence-electron chi connectivity index (χ1n) is 9.02. The van der Waals surface area contributed by atoms with Crippen LogP contribution in [0.5, 0.6) is 5.75 Å². The van der Waals surface area contributed by atoms with Gasteiger partial charge in [0.2, 0.25) is 4.96 Å². The zero-order valence-electron chi connectivity index (χ0n) is 15.6. The summed E-state index contributed by atoms with van der Waals surface area (Å²) in [5.41, 5.74) is 2.97. The van der Waals surface area contributed by atoms with E-state index in [-0.39, 0.29) is 5.56 Å².